The molecule has 6 heteroatoms. The highest BCUT2D eigenvalue weighted by Gasteiger charge is 2.28. The monoisotopic (exact) mass is 417 g/mol. The van der Waals surface area contributed by atoms with Gasteiger partial charge in [0.1, 0.15) is 4.88 Å². The van der Waals surface area contributed by atoms with Gasteiger partial charge >= 0.3 is 5.97 Å². The van der Waals surface area contributed by atoms with Crippen molar-refractivity contribution in [3.63, 3.8) is 0 Å². The van der Waals surface area contributed by atoms with Gasteiger partial charge in [-0.05, 0) is 37.3 Å². The van der Waals surface area contributed by atoms with E-state index in [1.54, 1.807) is 6.07 Å². The summed E-state index contributed by atoms with van der Waals surface area (Å²) in [5.74, 6) is 6.03. The van der Waals surface area contributed by atoms with Gasteiger partial charge in [-0.3, -0.25) is 4.79 Å². The highest BCUT2D eigenvalue weighted by Crippen LogP contribution is 2.23. The first-order valence-corrected chi connectivity index (χ1v) is 11.1. The molecule has 1 aromatic rings. The number of carbonyl (C=O) groups excluding carboxylic acids is 2. The molecule has 0 bridgehead atoms. The zero-order chi connectivity index (χ0) is 21.2. The van der Waals surface area contributed by atoms with Gasteiger partial charge in [0.15, 0.2) is 0 Å². The number of hydrogen-bond donors (Lipinski definition) is 1. The molecule has 1 amide bonds. The Labute approximate surface area is 177 Å². The average Bonchev–Trinajstić information content (AvgIpc) is 3.33. The van der Waals surface area contributed by atoms with Gasteiger partial charge < -0.3 is 14.7 Å². The lowest BCUT2D eigenvalue weighted by Crippen LogP contribution is -2.33. The molecule has 1 saturated heterocycles. The van der Waals surface area contributed by atoms with Crippen molar-refractivity contribution >= 4 is 23.2 Å². The van der Waals surface area contributed by atoms with Crippen molar-refractivity contribution in [2.75, 3.05) is 13.7 Å². The Morgan fingerprint density at radius 3 is 2.97 bits per heavy atom. The zero-order valence-electron chi connectivity index (χ0n) is 17.5. The fourth-order valence-electron chi connectivity index (χ4n) is 3.30. The van der Waals surface area contributed by atoms with Gasteiger partial charge in [-0.25, -0.2) is 4.79 Å². The molecule has 158 valence electrons. The largest absolute Gasteiger partial charge is 0.465 e. The summed E-state index contributed by atoms with van der Waals surface area (Å²) in [7, 11) is 1.38. The Bertz CT molecular complexity index is 773. The van der Waals surface area contributed by atoms with Crippen LogP contribution in [0.15, 0.2) is 24.3 Å². The summed E-state index contributed by atoms with van der Waals surface area (Å²) < 4.78 is 4.74. The number of aliphatic hydroxyl groups excluding tert-OH is 1. The summed E-state index contributed by atoms with van der Waals surface area (Å²) >= 11 is 1.44. The minimum Gasteiger partial charge on any atom is -0.465 e. The highest BCUT2D eigenvalue weighted by atomic mass is 32.1. The zero-order valence-corrected chi connectivity index (χ0v) is 18.3. The minimum absolute atomic E-state index is 0.0417. The molecule has 0 spiro atoms. The lowest BCUT2D eigenvalue weighted by atomic mass is 10.00. The number of ether oxygens (including phenoxy) is 1. The van der Waals surface area contributed by atoms with Crippen molar-refractivity contribution in [2.24, 2.45) is 5.92 Å². The third kappa shape index (κ3) is 7.02. The fourth-order valence-corrected chi connectivity index (χ4v) is 4.27. The molecule has 2 rings (SSSR count). The van der Waals surface area contributed by atoms with Crippen molar-refractivity contribution in [3.8, 4) is 11.8 Å². The van der Waals surface area contributed by atoms with Crippen molar-refractivity contribution < 1.29 is 19.4 Å². The van der Waals surface area contributed by atoms with Crippen LogP contribution in [0.2, 0.25) is 0 Å². The van der Waals surface area contributed by atoms with Crippen LogP contribution >= 0.6 is 11.3 Å². The number of methoxy groups -OCH3 is 1. The van der Waals surface area contributed by atoms with Crippen LogP contribution in [0.5, 0.6) is 0 Å². The molecule has 29 heavy (non-hydrogen) atoms. The summed E-state index contributed by atoms with van der Waals surface area (Å²) in [5.41, 5.74) is 0. The van der Waals surface area contributed by atoms with E-state index >= 15 is 0 Å². The van der Waals surface area contributed by atoms with Crippen LogP contribution in [0.25, 0.3) is 0 Å². The van der Waals surface area contributed by atoms with Gasteiger partial charge in [0.25, 0.3) is 0 Å². The van der Waals surface area contributed by atoms with Crippen LogP contribution in [-0.2, 0) is 16.0 Å². The normalized spacial score (nSPS) is 18.6. The second-order valence-corrected chi connectivity index (χ2v) is 8.49. The lowest BCUT2D eigenvalue weighted by molar-refractivity contribution is -0.128. The number of thiophene rings is 1. The molecular formula is C23H31NO4S. The quantitative estimate of drug-likeness (QED) is 0.377. The van der Waals surface area contributed by atoms with E-state index < -0.39 is 6.10 Å². The fraction of sp³-hybridized carbons (Fsp3) is 0.565. The first-order chi connectivity index (χ1) is 14.0. The molecular weight excluding hydrogens is 386 g/mol. The molecule has 3 atom stereocenters. The third-order valence-electron chi connectivity index (χ3n) is 5.08. The Hall–Kier alpha value is -2.10. The van der Waals surface area contributed by atoms with Crippen molar-refractivity contribution in [2.45, 2.75) is 64.5 Å². The van der Waals surface area contributed by atoms with E-state index in [2.05, 4.69) is 11.8 Å². The van der Waals surface area contributed by atoms with E-state index in [0.717, 1.165) is 30.6 Å². The van der Waals surface area contributed by atoms with Gasteiger partial charge in [0.05, 0.1) is 19.3 Å². The smallest absolute Gasteiger partial charge is 0.348 e. The predicted molar refractivity (Wildman–Crippen MR) is 116 cm³/mol. The molecule has 0 radical (unpaired) electrons. The van der Waals surface area contributed by atoms with E-state index in [0.29, 0.717) is 24.3 Å². The summed E-state index contributed by atoms with van der Waals surface area (Å²) in [6, 6.07) is 3.77. The number of hydrogen-bond acceptors (Lipinski definition) is 5. The van der Waals surface area contributed by atoms with Gasteiger partial charge in [0.2, 0.25) is 5.91 Å². The second kappa shape index (κ2) is 11.8. The topological polar surface area (TPSA) is 66.8 Å². The van der Waals surface area contributed by atoms with E-state index in [-0.39, 0.29) is 23.8 Å². The van der Waals surface area contributed by atoms with Gasteiger partial charge in [0, 0.05) is 30.7 Å². The third-order valence-corrected chi connectivity index (χ3v) is 6.21. The van der Waals surface area contributed by atoms with Crippen LogP contribution in [0.4, 0.5) is 0 Å². The van der Waals surface area contributed by atoms with Crippen molar-refractivity contribution in [3.05, 3.63) is 34.0 Å². The van der Waals surface area contributed by atoms with Crippen LogP contribution < -0.4 is 0 Å². The molecule has 1 N–H and O–H groups in total. The molecule has 1 aliphatic rings. The van der Waals surface area contributed by atoms with E-state index in [9.17, 15) is 14.7 Å². The number of esters is 1. The molecule has 1 unspecified atom stereocenters. The number of rotatable bonds is 9. The summed E-state index contributed by atoms with van der Waals surface area (Å²) in [6.07, 6.45) is 7.72. The Kier molecular flexibility index (Phi) is 9.43. The lowest BCUT2D eigenvalue weighted by Gasteiger charge is -2.23. The molecule has 0 saturated carbocycles. The van der Waals surface area contributed by atoms with Gasteiger partial charge in [-0.15, -0.1) is 23.2 Å². The number of aryl methyl sites for hydroxylation is 1. The summed E-state index contributed by atoms with van der Waals surface area (Å²) in [4.78, 5) is 27.4. The Morgan fingerprint density at radius 2 is 2.24 bits per heavy atom. The number of likely N-dealkylation sites (tertiary alicyclic amines) is 1. The number of amides is 1. The summed E-state index contributed by atoms with van der Waals surface area (Å²) in [6.45, 7) is 4.67. The van der Waals surface area contributed by atoms with Gasteiger partial charge in [-0.1, -0.05) is 26.0 Å². The number of aliphatic hydroxyl groups is 1. The second-order valence-electron chi connectivity index (χ2n) is 7.32. The molecule has 1 fully saturated rings. The maximum atomic E-state index is 12.3. The maximum Gasteiger partial charge on any atom is 0.348 e. The maximum absolute atomic E-state index is 12.3. The Balaban J connectivity index is 1.85. The van der Waals surface area contributed by atoms with Gasteiger partial charge in [-0.2, -0.15) is 0 Å². The number of nitrogens with zero attached hydrogens (tertiary/aromatic N) is 1. The van der Waals surface area contributed by atoms with Crippen LogP contribution in [0.3, 0.4) is 0 Å². The Morgan fingerprint density at radius 1 is 1.45 bits per heavy atom. The standard InChI is InChI=1S/C23H31NO4S/c1-4-5-6-8-17(2)20(25)13-10-18-11-15-22(26)24(18)16-7-9-19-12-14-21(29-19)23(27)28-3/h10,12-14,17-18,20,25H,4,7-9,11,15-16H2,1-3H3/t17?,18-,20-/m0/s1. The first kappa shape index (κ1) is 23.2. The van der Waals surface area contributed by atoms with Crippen LogP contribution in [0, 0.1) is 17.8 Å². The predicted octanol–water partition coefficient (Wildman–Crippen LogP) is 3.82. The molecule has 0 aliphatic carbocycles. The molecule has 1 aliphatic heterocycles. The summed E-state index contributed by atoms with van der Waals surface area (Å²) in [5, 5.41) is 10.3. The molecule has 1 aromatic heterocycles. The van der Waals surface area contributed by atoms with E-state index in [1.807, 2.05) is 37.0 Å². The SMILES string of the molecule is CCC#CCC(C)[C@@H](O)C=C[C@H]1CCC(=O)N1CCCc1ccc(C(=O)OC)s1. The van der Waals surface area contributed by atoms with Crippen molar-refractivity contribution in [1.29, 1.82) is 0 Å². The van der Waals surface area contributed by atoms with E-state index in [4.69, 9.17) is 4.74 Å². The van der Waals surface area contributed by atoms with E-state index in [1.165, 1.54) is 18.4 Å². The minimum atomic E-state index is -0.554. The van der Waals surface area contributed by atoms with Crippen molar-refractivity contribution in [1.82, 2.24) is 4.90 Å². The average molecular weight is 418 g/mol. The number of carbonyl (C=O) groups is 2. The molecule has 5 nitrogen and oxygen atoms in total. The highest BCUT2D eigenvalue weighted by molar-refractivity contribution is 7.13. The molecule has 2 heterocycles. The molecule has 0 aromatic carbocycles. The van der Waals surface area contributed by atoms with Crippen LogP contribution in [-0.4, -0.2) is 47.7 Å². The first-order valence-electron chi connectivity index (χ1n) is 10.2. The van der Waals surface area contributed by atoms with Crippen LogP contribution in [0.1, 0.15) is 60.5 Å².